The van der Waals surface area contributed by atoms with Crippen molar-refractivity contribution in [3.05, 3.63) is 47.3 Å². The Bertz CT molecular complexity index is 1030. The summed E-state index contributed by atoms with van der Waals surface area (Å²) in [5.41, 5.74) is 1.82. The smallest absolute Gasteiger partial charge is 0.252 e. The monoisotopic (exact) mass is 461 g/mol. The summed E-state index contributed by atoms with van der Waals surface area (Å²) in [4.78, 5) is 26.6. The molecular weight excluding hydrogens is 434 g/mol. The Morgan fingerprint density at radius 1 is 1.10 bits per heavy atom. The molecule has 0 radical (unpaired) electrons. The van der Waals surface area contributed by atoms with Crippen molar-refractivity contribution >= 4 is 38.9 Å². The number of amides is 2. The molecule has 9 heteroatoms. The highest BCUT2D eigenvalue weighted by atomic mass is 32.2. The second-order valence-corrected chi connectivity index (χ2v) is 11.1. The van der Waals surface area contributed by atoms with Crippen LogP contribution in [-0.4, -0.2) is 44.2 Å². The summed E-state index contributed by atoms with van der Waals surface area (Å²) in [5.74, 6) is -0.0917. The number of piperidine rings is 2. The summed E-state index contributed by atoms with van der Waals surface area (Å²) in [6, 6.07) is 11.1. The van der Waals surface area contributed by atoms with E-state index in [0.29, 0.717) is 43.1 Å². The van der Waals surface area contributed by atoms with Gasteiger partial charge in [-0.1, -0.05) is 18.2 Å². The fourth-order valence-corrected chi connectivity index (χ4v) is 6.76. The van der Waals surface area contributed by atoms with Gasteiger partial charge in [0, 0.05) is 44.2 Å². The molecule has 2 aromatic rings. The predicted octanol–water partition coefficient (Wildman–Crippen LogP) is 2.98. The van der Waals surface area contributed by atoms with Crippen LogP contribution in [0.1, 0.15) is 37.7 Å². The molecule has 1 aromatic carbocycles. The third kappa shape index (κ3) is 4.99. The van der Waals surface area contributed by atoms with Crippen LogP contribution in [-0.2, 0) is 26.2 Å². The van der Waals surface area contributed by atoms with Gasteiger partial charge in [-0.15, -0.1) is 11.3 Å². The van der Waals surface area contributed by atoms with Crippen molar-refractivity contribution in [3.8, 4) is 0 Å². The highest BCUT2D eigenvalue weighted by molar-refractivity contribution is 7.91. The second-order valence-electron chi connectivity index (χ2n) is 8.00. The van der Waals surface area contributed by atoms with Crippen LogP contribution in [0, 0.1) is 5.92 Å². The molecule has 0 spiro atoms. The standard InChI is InChI=1S/C22H27N3O4S2/c26-20-7-1-2-11-25(20)19-6-3-5-17(15-19)16-23-22(27)18-9-12-24(13-10-18)31(28,29)21-8-4-14-30-21/h3-6,8,14-15,18H,1-2,7,9-13,16H2,(H,23,27). The molecule has 2 saturated heterocycles. The van der Waals surface area contributed by atoms with E-state index in [4.69, 9.17) is 0 Å². The first-order valence-corrected chi connectivity index (χ1v) is 13.0. The first-order chi connectivity index (χ1) is 14.9. The summed E-state index contributed by atoms with van der Waals surface area (Å²) < 4.78 is 27.1. The lowest BCUT2D eigenvalue weighted by Crippen LogP contribution is -2.42. The highest BCUT2D eigenvalue weighted by Gasteiger charge is 2.32. The zero-order chi connectivity index (χ0) is 21.8. The maximum atomic E-state index is 12.7. The molecule has 0 atom stereocenters. The van der Waals surface area contributed by atoms with Gasteiger partial charge in [0.15, 0.2) is 0 Å². The Hall–Kier alpha value is -2.23. The first-order valence-electron chi connectivity index (χ1n) is 10.7. The third-order valence-corrected chi connectivity index (χ3v) is 9.20. The Labute approximate surface area is 187 Å². The van der Waals surface area contributed by atoms with Crippen molar-refractivity contribution in [2.45, 2.75) is 42.9 Å². The van der Waals surface area contributed by atoms with Crippen LogP contribution in [0.4, 0.5) is 5.69 Å². The predicted molar refractivity (Wildman–Crippen MR) is 120 cm³/mol. The average molecular weight is 462 g/mol. The minimum absolute atomic E-state index is 0.0485. The zero-order valence-corrected chi connectivity index (χ0v) is 19.0. The normalized spacial score (nSPS) is 18.8. The van der Waals surface area contributed by atoms with Gasteiger partial charge in [-0.25, -0.2) is 8.42 Å². The number of sulfonamides is 1. The quantitative estimate of drug-likeness (QED) is 0.717. The van der Waals surface area contributed by atoms with Gasteiger partial charge in [0.1, 0.15) is 4.21 Å². The number of thiophene rings is 1. The maximum Gasteiger partial charge on any atom is 0.252 e. The number of hydrogen-bond acceptors (Lipinski definition) is 5. The van der Waals surface area contributed by atoms with Crippen LogP contribution < -0.4 is 10.2 Å². The van der Waals surface area contributed by atoms with Crippen LogP contribution in [0.5, 0.6) is 0 Å². The van der Waals surface area contributed by atoms with E-state index in [1.807, 2.05) is 29.2 Å². The number of nitrogens with one attached hydrogen (secondary N) is 1. The van der Waals surface area contributed by atoms with Crippen molar-refractivity contribution < 1.29 is 18.0 Å². The fourth-order valence-electron chi connectivity index (χ4n) is 4.14. The van der Waals surface area contributed by atoms with Gasteiger partial charge < -0.3 is 10.2 Å². The molecule has 2 fully saturated rings. The van der Waals surface area contributed by atoms with Crippen LogP contribution in [0.15, 0.2) is 46.0 Å². The van der Waals surface area contributed by atoms with Crippen molar-refractivity contribution in [2.24, 2.45) is 5.92 Å². The summed E-state index contributed by atoms with van der Waals surface area (Å²) in [6.45, 7) is 1.83. The molecule has 2 amide bonds. The summed E-state index contributed by atoms with van der Waals surface area (Å²) in [7, 11) is -3.46. The van der Waals surface area contributed by atoms with E-state index < -0.39 is 10.0 Å². The molecule has 2 aliphatic rings. The van der Waals surface area contributed by atoms with Crippen molar-refractivity contribution in [1.82, 2.24) is 9.62 Å². The molecule has 1 aromatic heterocycles. The average Bonchev–Trinajstić information content (AvgIpc) is 3.34. The largest absolute Gasteiger partial charge is 0.352 e. The number of benzene rings is 1. The van der Waals surface area contributed by atoms with E-state index in [0.717, 1.165) is 30.6 Å². The SMILES string of the molecule is O=C(NCc1cccc(N2CCCCC2=O)c1)C1CCN(S(=O)(=O)c2cccs2)CC1. The van der Waals surface area contributed by atoms with Crippen LogP contribution in [0.25, 0.3) is 0 Å². The van der Waals surface area contributed by atoms with E-state index in [-0.39, 0.29) is 17.7 Å². The van der Waals surface area contributed by atoms with E-state index in [2.05, 4.69) is 5.32 Å². The van der Waals surface area contributed by atoms with Crippen LogP contribution in [0.3, 0.4) is 0 Å². The molecule has 2 aliphatic heterocycles. The Kier molecular flexibility index (Phi) is 6.74. The van der Waals surface area contributed by atoms with Gasteiger partial charge in [0.25, 0.3) is 10.0 Å². The molecule has 0 saturated carbocycles. The molecule has 7 nitrogen and oxygen atoms in total. The molecule has 1 N–H and O–H groups in total. The van der Waals surface area contributed by atoms with Crippen molar-refractivity contribution in [1.29, 1.82) is 0 Å². The lowest BCUT2D eigenvalue weighted by atomic mass is 9.97. The lowest BCUT2D eigenvalue weighted by molar-refractivity contribution is -0.126. The highest BCUT2D eigenvalue weighted by Crippen LogP contribution is 2.27. The number of hydrogen-bond donors (Lipinski definition) is 1. The number of nitrogens with zero attached hydrogens (tertiary/aromatic N) is 2. The van der Waals surface area contributed by atoms with Crippen LogP contribution >= 0.6 is 11.3 Å². The van der Waals surface area contributed by atoms with Gasteiger partial charge >= 0.3 is 0 Å². The summed E-state index contributed by atoms with van der Waals surface area (Å²) >= 11 is 1.21. The molecule has 166 valence electrons. The fraction of sp³-hybridized carbons (Fsp3) is 0.455. The molecule has 4 rings (SSSR count). The topological polar surface area (TPSA) is 86.8 Å². The number of anilines is 1. The second kappa shape index (κ2) is 9.50. The summed E-state index contributed by atoms with van der Waals surface area (Å²) in [6.07, 6.45) is 3.56. The molecule has 3 heterocycles. The molecule has 0 aliphatic carbocycles. The Balaban J connectivity index is 1.30. The van der Waals surface area contributed by atoms with Crippen LogP contribution in [0.2, 0.25) is 0 Å². The van der Waals surface area contributed by atoms with E-state index in [1.54, 1.807) is 17.5 Å². The summed E-state index contributed by atoms with van der Waals surface area (Å²) in [5, 5.41) is 4.74. The Morgan fingerprint density at radius 3 is 2.61 bits per heavy atom. The molecule has 31 heavy (non-hydrogen) atoms. The van der Waals surface area contributed by atoms with Crippen molar-refractivity contribution in [2.75, 3.05) is 24.5 Å². The van der Waals surface area contributed by atoms with Gasteiger partial charge in [-0.05, 0) is 54.8 Å². The minimum Gasteiger partial charge on any atom is -0.352 e. The van der Waals surface area contributed by atoms with Gasteiger partial charge in [0.05, 0.1) is 0 Å². The molecular formula is C22H27N3O4S2. The van der Waals surface area contributed by atoms with E-state index in [1.165, 1.54) is 15.6 Å². The zero-order valence-electron chi connectivity index (χ0n) is 17.3. The van der Waals surface area contributed by atoms with E-state index in [9.17, 15) is 18.0 Å². The number of carbonyl (C=O) groups is 2. The lowest BCUT2D eigenvalue weighted by Gasteiger charge is -2.30. The maximum absolute atomic E-state index is 12.7. The van der Waals surface area contributed by atoms with Gasteiger partial charge in [-0.2, -0.15) is 4.31 Å². The minimum atomic E-state index is -3.46. The first kappa shape index (κ1) is 22.0. The number of carbonyl (C=O) groups excluding carboxylic acids is 2. The third-order valence-electron chi connectivity index (χ3n) is 5.93. The van der Waals surface area contributed by atoms with E-state index >= 15 is 0 Å². The number of rotatable bonds is 6. The Morgan fingerprint density at radius 2 is 1.90 bits per heavy atom. The van der Waals surface area contributed by atoms with Crippen molar-refractivity contribution in [3.63, 3.8) is 0 Å². The van der Waals surface area contributed by atoms with Gasteiger partial charge in [0.2, 0.25) is 11.8 Å². The van der Waals surface area contributed by atoms with Gasteiger partial charge in [-0.3, -0.25) is 9.59 Å². The molecule has 0 bridgehead atoms. The molecule has 0 unspecified atom stereocenters.